The Bertz CT molecular complexity index is 46.5. The molecule has 0 unspecified atom stereocenters. The van der Waals surface area contributed by atoms with Gasteiger partial charge in [-0.25, -0.2) is 0 Å². The fraction of sp³-hybridized carbons (Fsp3) is 1.00. The van der Waals surface area contributed by atoms with Crippen LogP contribution >= 0.6 is 0 Å². The Labute approximate surface area is 61.7 Å². The summed E-state index contributed by atoms with van der Waals surface area (Å²) >= 11 is 0.00139. The molecule has 0 aromatic carbocycles. The molecule has 0 aliphatic heterocycles. The van der Waals surface area contributed by atoms with Gasteiger partial charge < -0.3 is 0 Å². The molecule has 0 bridgehead atoms. The van der Waals surface area contributed by atoms with E-state index >= 15 is 0 Å². The van der Waals surface area contributed by atoms with Crippen molar-refractivity contribution in [3.8, 4) is 0 Å². The fourth-order valence-corrected chi connectivity index (χ4v) is 10.9. The van der Waals surface area contributed by atoms with E-state index in [4.69, 9.17) is 0 Å². The van der Waals surface area contributed by atoms with E-state index in [1.54, 1.807) is 3.23 Å². The van der Waals surface area contributed by atoms with Crippen LogP contribution in [0.4, 0.5) is 0 Å². The van der Waals surface area contributed by atoms with Crippen molar-refractivity contribution in [2.45, 2.75) is 29.8 Å². The molecule has 0 atom stereocenters. The second-order valence-electron chi connectivity index (χ2n) is 2.98. The topological polar surface area (TPSA) is 0 Å². The van der Waals surface area contributed by atoms with Crippen molar-refractivity contribution in [2.24, 2.45) is 0 Å². The van der Waals surface area contributed by atoms with Gasteiger partial charge in [0.15, 0.2) is 0 Å². The van der Waals surface area contributed by atoms with Gasteiger partial charge in [-0.05, 0) is 0 Å². The van der Waals surface area contributed by atoms with Crippen molar-refractivity contribution >= 4 is 4.09 Å². The van der Waals surface area contributed by atoms with Gasteiger partial charge in [-0.3, -0.25) is 0 Å². The molecule has 0 heterocycles. The van der Waals surface area contributed by atoms with Crippen LogP contribution in [0.1, 0.15) is 6.92 Å². The predicted octanol–water partition coefficient (Wildman–Crippen LogP) is 2.34. The summed E-state index contributed by atoms with van der Waals surface area (Å²) < 4.78 is 1.09. The van der Waals surface area contributed by atoms with E-state index in [-0.39, 0.29) is 28.2 Å². The first-order chi connectivity index (χ1) is 3.06. The van der Waals surface area contributed by atoms with Crippen LogP contribution in [0.25, 0.3) is 0 Å². The van der Waals surface area contributed by atoms with Crippen LogP contribution in [0.2, 0.25) is 22.9 Å². The Balaban J connectivity index is 3.15. The zero-order chi connectivity index (χ0) is 5.91. The molecule has 0 rings (SSSR count). The minimum absolute atomic E-state index is 0.00139. The van der Waals surface area contributed by atoms with E-state index < -0.39 is 4.09 Å². The molecule has 0 aliphatic rings. The zero-order valence-electron chi connectivity index (χ0n) is 5.78. The van der Waals surface area contributed by atoms with Crippen molar-refractivity contribution in [3.05, 3.63) is 0 Å². The molecule has 2 heteroatoms. The van der Waals surface area contributed by atoms with Gasteiger partial charge in [0.05, 0.1) is 0 Å². The summed E-state index contributed by atoms with van der Waals surface area (Å²) in [6.07, 6.45) is 0. The molecule has 7 heavy (non-hydrogen) atoms. The molecule has 0 fully saturated rings. The molecule has 0 amide bonds. The maximum atomic E-state index is 2.50. The van der Waals surface area contributed by atoms with Crippen molar-refractivity contribution < 1.29 is 28.2 Å². The summed E-state index contributed by atoms with van der Waals surface area (Å²) in [6.45, 7) is 9.84. The third-order valence-electron chi connectivity index (χ3n) is 0.816. The fourth-order valence-electron chi connectivity index (χ4n) is 0.612. The standard InChI is InChI=1S/C3H9Si.C2H5.Y/c1-4(2)3;1-2;/h1-3H3;1H2,2H3;. The van der Waals surface area contributed by atoms with Crippen molar-refractivity contribution in [2.75, 3.05) is 0 Å². The quantitative estimate of drug-likeness (QED) is 0.588. The molecule has 0 N–H and O–H groups in total. The Morgan fingerprint density at radius 1 is 1.29 bits per heavy atom. The summed E-state index contributed by atoms with van der Waals surface area (Å²) in [5, 5.41) is 0. The van der Waals surface area contributed by atoms with Crippen molar-refractivity contribution in [3.63, 3.8) is 0 Å². The summed E-state index contributed by atoms with van der Waals surface area (Å²) in [7, 11) is 0. The van der Waals surface area contributed by atoms with Crippen LogP contribution < -0.4 is 0 Å². The second kappa shape index (κ2) is 3.37. The normalized spacial score (nSPS) is 10.9. The van der Waals surface area contributed by atoms with Crippen LogP contribution in [0.3, 0.4) is 0 Å². The van der Waals surface area contributed by atoms with Gasteiger partial charge in [0.25, 0.3) is 0 Å². The van der Waals surface area contributed by atoms with E-state index in [2.05, 4.69) is 26.6 Å². The Morgan fingerprint density at radius 3 is 1.71 bits per heavy atom. The van der Waals surface area contributed by atoms with Gasteiger partial charge in [0.1, 0.15) is 0 Å². The van der Waals surface area contributed by atoms with E-state index in [9.17, 15) is 0 Å². The van der Waals surface area contributed by atoms with Crippen LogP contribution in [0.5, 0.6) is 0 Å². The van der Waals surface area contributed by atoms with Gasteiger partial charge in [0, 0.05) is 0 Å². The molecular weight excluding hydrogens is 177 g/mol. The van der Waals surface area contributed by atoms with Gasteiger partial charge >= 0.3 is 62.1 Å². The van der Waals surface area contributed by atoms with Crippen LogP contribution in [0.15, 0.2) is 0 Å². The second-order valence-corrected chi connectivity index (χ2v) is 25.9. The van der Waals surface area contributed by atoms with Gasteiger partial charge in [-0.15, -0.1) is 0 Å². The molecule has 0 radical (unpaired) electrons. The minimum atomic E-state index is -0.467. The molecule has 0 nitrogen and oxygen atoms in total. The van der Waals surface area contributed by atoms with E-state index in [1.807, 2.05) is 0 Å². The average molecular weight is 191 g/mol. The predicted molar refractivity (Wildman–Crippen MR) is 33.8 cm³/mol. The molecule has 0 aromatic heterocycles. The van der Waals surface area contributed by atoms with Gasteiger partial charge in [0.2, 0.25) is 0 Å². The van der Waals surface area contributed by atoms with Crippen LogP contribution in [-0.2, 0) is 28.2 Å². The SMILES string of the molecule is C[CH2][Y][Si](C)(C)C. The molecule has 41 valence electrons. The molecule has 0 saturated carbocycles. The summed E-state index contributed by atoms with van der Waals surface area (Å²) in [5.41, 5.74) is 0. The molecule has 0 aromatic rings. The first-order valence-electron chi connectivity index (χ1n) is 2.90. The van der Waals surface area contributed by atoms with Gasteiger partial charge in [-0.1, -0.05) is 0 Å². The van der Waals surface area contributed by atoms with E-state index in [1.165, 1.54) is 0 Å². The van der Waals surface area contributed by atoms with Crippen LogP contribution in [0, 0.1) is 0 Å². The van der Waals surface area contributed by atoms with Gasteiger partial charge in [-0.2, -0.15) is 0 Å². The first kappa shape index (κ1) is 8.32. The number of hydrogen-bond acceptors (Lipinski definition) is 0. The Kier molecular flexibility index (Phi) is 4.00. The van der Waals surface area contributed by atoms with Crippen molar-refractivity contribution in [1.29, 1.82) is 0 Å². The molecule has 0 saturated heterocycles. The Hall–Kier alpha value is 1.32. The third kappa shape index (κ3) is 7.32. The average Bonchev–Trinajstić information content (AvgIpc) is 1.30. The zero-order valence-corrected chi connectivity index (χ0v) is 9.62. The van der Waals surface area contributed by atoms with Crippen molar-refractivity contribution in [1.82, 2.24) is 0 Å². The first-order valence-corrected chi connectivity index (χ1v) is 12.7. The monoisotopic (exact) mass is 191 g/mol. The van der Waals surface area contributed by atoms with E-state index in [0.717, 1.165) is 0 Å². The number of hydrogen-bond donors (Lipinski definition) is 0. The number of rotatable bonds is 2. The summed E-state index contributed by atoms with van der Waals surface area (Å²) in [5.74, 6) is 0. The Morgan fingerprint density at radius 2 is 1.71 bits per heavy atom. The maximum absolute atomic E-state index is 2.50. The van der Waals surface area contributed by atoms with Crippen LogP contribution in [-0.4, -0.2) is 4.09 Å². The molecule has 0 aliphatic carbocycles. The van der Waals surface area contributed by atoms with E-state index in [0.29, 0.717) is 0 Å². The molecule has 0 spiro atoms. The summed E-state index contributed by atoms with van der Waals surface area (Å²) in [6, 6.07) is 0. The summed E-state index contributed by atoms with van der Waals surface area (Å²) in [4.78, 5) is 0. The third-order valence-corrected chi connectivity index (χ3v) is 14.5. The molecular formula is C5H14SiY.